The Morgan fingerprint density at radius 1 is 0.818 bits per heavy atom. The van der Waals surface area contributed by atoms with Crippen LogP contribution in [0.1, 0.15) is 0 Å². The van der Waals surface area contributed by atoms with Gasteiger partial charge in [-0.25, -0.2) is 16.8 Å². The smallest absolute Gasteiger partial charge is 0.231 e. The molecule has 0 bridgehead atoms. The quantitative estimate of drug-likeness (QED) is 0.299. The second-order valence-electron chi connectivity index (χ2n) is 0.885. The Hall–Kier alpha value is 0.640. The molecular weight excluding hydrogens is 238 g/mol. The first-order valence-corrected chi connectivity index (χ1v) is 4.00. The summed E-state index contributed by atoms with van der Waals surface area (Å²) in [6, 6.07) is 0. The van der Waals surface area contributed by atoms with Crippen LogP contribution in [0.5, 0.6) is 0 Å². The minimum absolute atomic E-state index is 0. The number of rotatable bonds is 2. The van der Waals surface area contributed by atoms with Crippen LogP contribution in [0, 0.1) is 0 Å². The molecule has 0 aromatic heterocycles. The molecule has 2 atom stereocenters. The van der Waals surface area contributed by atoms with Gasteiger partial charge in [0.15, 0.2) is 0 Å². The lowest BCUT2D eigenvalue weighted by Crippen LogP contribution is -2.11. The molecule has 0 aliphatic rings. The van der Waals surface area contributed by atoms with Gasteiger partial charge in [-0.1, -0.05) is 0 Å². The van der Waals surface area contributed by atoms with Crippen LogP contribution in [0.4, 0.5) is 0 Å². The van der Waals surface area contributed by atoms with Crippen molar-refractivity contribution in [2.45, 2.75) is 0 Å². The van der Waals surface area contributed by atoms with Gasteiger partial charge in [-0.3, -0.25) is 0 Å². The van der Waals surface area contributed by atoms with Crippen LogP contribution in [0.3, 0.4) is 0 Å². The third kappa shape index (κ3) is 18.0. The molecular formula is H8O7P2S2. The lowest BCUT2D eigenvalue weighted by molar-refractivity contribution is 0.329. The molecule has 72 valence electrons. The van der Waals surface area contributed by atoms with Crippen molar-refractivity contribution in [3.05, 3.63) is 0 Å². The first-order chi connectivity index (χ1) is 3.71. The average Bonchev–Trinajstić information content (AvgIpc) is 1.14. The van der Waals surface area contributed by atoms with E-state index >= 15 is 0 Å². The summed E-state index contributed by atoms with van der Waals surface area (Å²) in [6.45, 7) is 0. The van der Waals surface area contributed by atoms with Crippen LogP contribution in [-0.2, 0) is 24.4 Å². The molecule has 7 nitrogen and oxygen atoms in total. The minimum atomic E-state index is -5.43. The fourth-order valence-corrected chi connectivity index (χ4v) is 0.919. The van der Waals surface area contributed by atoms with E-state index in [-0.39, 0.29) is 19.8 Å². The van der Waals surface area contributed by atoms with E-state index in [2.05, 4.69) is 3.63 Å². The fraction of sp³-hybridized carbons (Fsp3) is 0. The molecule has 0 aliphatic heterocycles. The second-order valence-corrected chi connectivity index (χ2v) is 3.06. The van der Waals surface area contributed by atoms with E-state index in [0.717, 1.165) is 0 Å². The van der Waals surface area contributed by atoms with Gasteiger partial charge < -0.3 is 9.11 Å². The summed E-state index contributed by atoms with van der Waals surface area (Å²) in [5.74, 6) is 0. The topological polar surface area (TPSA) is 124 Å². The Balaban J connectivity index is -0.000000320. The molecule has 11 heavy (non-hydrogen) atoms. The van der Waals surface area contributed by atoms with Gasteiger partial charge in [0.2, 0.25) is 20.8 Å². The minimum Gasteiger partial charge on any atom is -0.725 e. The van der Waals surface area contributed by atoms with E-state index in [0.29, 0.717) is 0 Å². The Bertz CT molecular complexity index is 240. The summed E-state index contributed by atoms with van der Waals surface area (Å²) >= 11 is 0. The Kier molecular flexibility index (Phi) is 8.53. The van der Waals surface area contributed by atoms with E-state index < -0.39 is 20.8 Å². The summed E-state index contributed by atoms with van der Waals surface area (Å²) in [5.41, 5.74) is 0. The maximum absolute atomic E-state index is 9.29. The van der Waals surface area contributed by atoms with Crippen LogP contribution >= 0.6 is 19.8 Å². The van der Waals surface area contributed by atoms with E-state index in [4.69, 9.17) is 0 Å². The molecule has 0 radical (unpaired) electrons. The van der Waals surface area contributed by atoms with E-state index in [1.54, 1.807) is 0 Å². The maximum atomic E-state index is 9.29. The van der Waals surface area contributed by atoms with Crippen molar-refractivity contribution in [1.29, 1.82) is 0 Å². The van der Waals surface area contributed by atoms with Crippen molar-refractivity contribution in [2.24, 2.45) is 0 Å². The summed E-state index contributed by atoms with van der Waals surface area (Å²) in [5, 5.41) is 0. The maximum Gasteiger partial charge on any atom is 0.231 e. The molecule has 0 spiro atoms. The monoisotopic (exact) mass is 246 g/mol. The van der Waals surface area contributed by atoms with Crippen molar-refractivity contribution in [3.8, 4) is 0 Å². The van der Waals surface area contributed by atoms with Crippen LogP contribution in [0.2, 0.25) is 0 Å². The van der Waals surface area contributed by atoms with Gasteiger partial charge >= 0.3 is 0 Å². The van der Waals surface area contributed by atoms with Gasteiger partial charge in [0.05, 0.1) is 0 Å². The van der Waals surface area contributed by atoms with Gasteiger partial charge in [0, 0.05) is 0 Å². The molecule has 2 unspecified atom stereocenters. The van der Waals surface area contributed by atoms with Crippen molar-refractivity contribution < 1.29 is 29.6 Å². The summed E-state index contributed by atoms with van der Waals surface area (Å²) in [6.07, 6.45) is 0. The van der Waals surface area contributed by atoms with E-state index in [1.807, 2.05) is 0 Å². The number of hydrogen-bond acceptors (Lipinski definition) is 7. The zero-order valence-corrected chi connectivity index (χ0v) is 11.3. The molecule has 0 saturated heterocycles. The molecule has 0 heterocycles. The van der Waals surface area contributed by atoms with Crippen molar-refractivity contribution in [1.82, 2.24) is 0 Å². The average molecular weight is 246 g/mol. The highest BCUT2D eigenvalue weighted by molar-refractivity contribution is 7.94. The molecule has 0 saturated carbocycles. The van der Waals surface area contributed by atoms with Gasteiger partial charge in [-0.2, -0.15) is 3.63 Å². The largest absolute Gasteiger partial charge is 0.725 e. The highest BCUT2D eigenvalue weighted by Crippen LogP contribution is 1.91. The summed E-state index contributed by atoms with van der Waals surface area (Å²) in [7, 11) is -10.9. The zero-order valence-electron chi connectivity index (χ0n) is 5.67. The second kappa shape index (κ2) is 5.31. The van der Waals surface area contributed by atoms with E-state index in [9.17, 15) is 25.9 Å². The van der Waals surface area contributed by atoms with Crippen LogP contribution in [0.15, 0.2) is 0 Å². The van der Waals surface area contributed by atoms with Gasteiger partial charge in [0.1, 0.15) is 0 Å². The van der Waals surface area contributed by atoms with Gasteiger partial charge in [-0.05, 0) is 19.8 Å². The molecule has 0 N–H and O–H groups in total. The Morgan fingerprint density at radius 3 is 1.00 bits per heavy atom. The van der Waals surface area contributed by atoms with Crippen molar-refractivity contribution in [2.75, 3.05) is 0 Å². The molecule has 0 aromatic carbocycles. The summed E-state index contributed by atoms with van der Waals surface area (Å²) in [4.78, 5) is 0. The fourth-order valence-electron chi connectivity index (χ4n) is 0.102. The molecule has 0 aromatic rings. The first-order valence-electron chi connectivity index (χ1n) is 1.33. The van der Waals surface area contributed by atoms with Crippen molar-refractivity contribution >= 4 is 40.6 Å². The van der Waals surface area contributed by atoms with Crippen LogP contribution in [0.25, 0.3) is 0 Å². The van der Waals surface area contributed by atoms with Crippen molar-refractivity contribution in [3.63, 3.8) is 0 Å². The molecule has 0 aliphatic carbocycles. The third-order valence-corrected chi connectivity index (χ3v) is 1.50. The third-order valence-electron chi connectivity index (χ3n) is 0.167. The van der Waals surface area contributed by atoms with Gasteiger partial charge in [0.25, 0.3) is 0 Å². The Labute approximate surface area is 70.7 Å². The Morgan fingerprint density at radius 2 is 1.00 bits per heavy atom. The molecule has 0 rings (SSSR count). The first kappa shape index (κ1) is 17.7. The van der Waals surface area contributed by atoms with Crippen LogP contribution < -0.4 is 0 Å². The predicted octanol–water partition coefficient (Wildman–Crippen LogP) is -2.50. The zero-order chi connectivity index (χ0) is 7.71. The number of hydrogen-bond donors (Lipinski definition) is 0. The normalized spacial score (nSPS) is 11.1. The lowest BCUT2D eigenvalue weighted by atomic mass is 15.8. The van der Waals surface area contributed by atoms with Gasteiger partial charge in [-0.15, -0.1) is 0 Å². The van der Waals surface area contributed by atoms with Crippen LogP contribution in [-0.4, -0.2) is 25.9 Å². The molecule has 11 heteroatoms. The predicted molar refractivity (Wildman–Crippen MR) is 45.5 cm³/mol. The molecule has 0 fully saturated rings. The SMILES string of the molecule is O=S(=O)([O-])OS(=O)(=O)[O-].[PH4+].[PH4+]. The highest BCUT2D eigenvalue weighted by Gasteiger charge is 1.99. The standard InChI is InChI=1S/H2O7S2.2H3P/c1-8(2,3)7-9(4,5)6;;/h(H,1,2,3)(H,4,5,6);2*1H3. The lowest BCUT2D eigenvalue weighted by Gasteiger charge is -2.08. The molecule has 0 amide bonds. The summed E-state index contributed by atoms with van der Waals surface area (Å²) < 4.78 is 58.2. The highest BCUT2D eigenvalue weighted by atomic mass is 32.3. The van der Waals surface area contributed by atoms with E-state index in [1.165, 1.54) is 0 Å².